The third-order valence-electron chi connectivity index (χ3n) is 4.05. The monoisotopic (exact) mass is 359 g/mol. The number of nitrogens with zero attached hydrogens (tertiary/aromatic N) is 3. The highest BCUT2D eigenvalue weighted by Gasteiger charge is 2.25. The van der Waals surface area contributed by atoms with Crippen LogP contribution in [0.3, 0.4) is 0 Å². The number of hydrogen-bond donors (Lipinski definition) is 1. The van der Waals surface area contributed by atoms with Crippen molar-refractivity contribution in [2.24, 2.45) is 0 Å². The zero-order chi connectivity index (χ0) is 18.8. The molecule has 0 amide bonds. The van der Waals surface area contributed by atoms with Gasteiger partial charge in [-0.05, 0) is 24.1 Å². The van der Waals surface area contributed by atoms with Crippen LogP contribution in [0.15, 0.2) is 44.5 Å². The predicted octanol–water partition coefficient (Wildman–Crippen LogP) is 1.24. The van der Waals surface area contributed by atoms with Gasteiger partial charge in [-0.15, -0.1) is 0 Å². The number of fused-ring (bicyclic) bond motifs is 1. The number of carboxylic acids is 1. The standard InChI is InChI=1S/C17H17N3O6/c1-3-13(15(21)22)20-14-12(16(23)26-17(20)24)9-19(18-14)8-10-4-6-11(25-2)7-5-10/h4-7,9,13H,3,8H2,1-2H3,(H,21,22). The first-order chi connectivity index (χ1) is 12.4. The van der Waals surface area contributed by atoms with E-state index in [9.17, 15) is 19.5 Å². The highest BCUT2D eigenvalue weighted by Crippen LogP contribution is 2.17. The minimum Gasteiger partial charge on any atom is -0.497 e. The zero-order valence-electron chi connectivity index (χ0n) is 14.2. The van der Waals surface area contributed by atoms with Gasteiger partial charge in [0.2, 0.25) is 0 Å². The van der Waals surface area contributed by atoms with Gasteiger partial charge >= 0.3 is 17.4 Å². The summed E-state index contributed by atoms with van der Waals surface area (Å²) in [7, 11) is 1.57. The summed E-state index contributed by atoms with van der Waals surface area (Å²) in [5.74, 6) is -1.53. The molecular weight excluding hydrogens is 342 g/mol. The summed E-state index contributed by atoms with van der Waals surface area (Å²) in [6.45, 7) is 1.95. The van der Waals surface area contributed by atoms with Gasteiger partial charge in [0.1, 0.15) is 17.2 Å². The molecule has 0 aliphatic heterocycles. The maximum absolute atomic E-state index is 12.1. The molecule has 9 heteroatoms. The van der Waals surface area contributed by atoms with Crippen LogP contribution >= 0.6 is 0 Å². The van der Waals surface area contributed by atoms with Gasteiger partial charge in [0, 0.05) is 6.20 Å². The van der Waals surface area contributed by atoms with E-state index in [1.165, 1.54) is 10.9 Å². The second-order valence-electron chi connectivity index (χ2n) is 5.70. The molecule has 3 aromatic rings. The van der Waals surface area contributed by atoms with Crippen LogP contribution in [0.5, 0.6) is 5.75 Å². The third-order valence-corrected chi connectivity index (χ3v) is 4.05. The Balaban J connectivity index is 2.09. The molecule has 9 nitrogen and oxygen atoms in total. The second-order valence-corrected chi connectivity index (χ2v) is 5.70. The van der Waals surface area contributed by atoms with Crippen molar-refractivity contribution < 1.29 is 19.1 Å². The lowest BCUT2D eigenvalue weighted by atomic mass is 10.2. The van der Waals surface area contributed by atoms with Crippen LogP contribution in [0, 0.1) is 0 Å². The predicted molar refractivity (Wildman–Crippen MR) is 91.6 cm³/mol. The van der Waals surface area contributed by atoms with Crippen molar-refractivity contribution in [3.63, 3.8) is 0 Å². The van der Waals surface area contributed by atoms with E-state index in [1.54, 1.807) is 26.2 Å². The van der Waals surface area contributed by atoms with Gasteiger partial charge in [-0.3, -0.25) is 4.68 Å². The minimum absolute atomic E-state index is 0.00554. The maximum Gasteiger partial charge on any atom is 0.424 e. The molecule has 0 fully saturated rings. The fourth-order valence-corrected chi connectivity index (χ4v) is 2.74. The Kier molecular flexibility index (Phi) is 4.61. The summed E-state index contributed by atoms with van der Waals surface area (Å²) in [5.41, 5.74) is 0.0404. The van der Waals surface area contributed by atoms with E-state index in [2.05, 4.69) is 9.52 Å². The largest absolute Gasteiger partial charge is 0.497 e. The normalized spacial score (nSPS) is 12.2. The van der Waals surface area contributed by atoms with Crippen molar-refractivity contribution in [2.75, 3.05) is 7.11 Å². The lowest BCUT2D eigenvalue weighted by Crippen LogP contribution is -2.32. The van der Waals surface area contributed by atoms with Crippen LogP contribution in [-0.4, -0.2) is 32.5 Å². The first kappa shape index (κ1) is 17.5. The number of hydrogen-bond acceptors (Lipinski definition) is 6. The third kappa shape index (κ3) is 3.10. The summed E-state index contributed by atoms with van der Waals surface area (Å²) < 4.78 is 12.1. The van der Waals surface area contributed by atoms with Crippen molar-refractivity contribution in [2.45, 2.75) is 25.9 Å². The van der Waals surface area contributed by atoms with Crippen molar-refractivity contribution in [3.8, 4) is 5.75 Å². The van der Waals surface area contributed by atoms with Gasteiger partial charge in [0.25, 0.3) is 0 Å². The molecule has 2 aromatic heterocycles. The molecule has 26 heavy (non-hydrogen) atoms. The summed E-state index contributed by atoms with van der Waals surface area (Å²) in [6.07, 6.45) is 1.58. The van der Waals surface area contributed by atoms with Crippen molar-refractivity contribution in [3.05, 3.63) is 57.0 Å². The van der Waals surface area contributed by atoms with E-state index in [0.717, 1.165) is 10.1 Å². The van der Waals surface area contributed by atoms with Crippen molar-refractivity contribution >= 4 is 17.0 Å². The first-order valence-corrected chi connectivity index (χ1v) is 7.93. The Hall–Kier alpha value is -3.36. The minimum atomic E-state index is -1.20. The molecule has 2 heterocycles. The average Bonchev–Trinajstić information content (AvgIpc) is 3.02. The van der Waals surface area contributed by atoms with Crippen LogP contribution in [0.25, 0.3) is 11.0 Å². The smallest absolute Gasteiger partial charge is 0.424 e. The Morgan fingerprint density at radius 3 is 2.58 bits per heavy atom. The molecular formula is C17H17N3O6. The van der Waals surface area contributed by atoms with Crippen LogP contribution in [0.2, 0.25) is 0 Å². The van der Waals surface area contributed by atoms with Gasteiger partial charge in [0.15, 0.2) is 5.65 Å². The molecule has 3 rings (SSSR count). The average molecular weight is 359 g/mol. The molecule has 136 valence electrons. The molecule has 1 aromatic carbocycles. The molecule has 0 radical (unpaired) electrons. The SMILES string of the molecule is CCC(C(=O)O)n1c(=O)oc(=O)c2cn(Cc3ccc(OC)cc3)nc21. The number of carboxylic acid groups (broad SMARTS) is 1. The lowest BCUT2D eigenvalue weighted by Gasteiger charge is -2.12. The van der Waals surface area contributed by atoms with Crippen LogP contribution in [0.4, 0.5) is 0 Å². The number of benzene rings is 1. The summed E-state index contributed by atoms with van der Waals surface area (Å²) in [6, 6.07) is 6.10. The topological polar surface area (TPSA) is 117 Å². The van der Waals surface area contributed by atoms with E-state index >= 15 is 0 Å². The van der Waals surface area contributed by atoms with E-state index in [0.29, 0.717) is 12.3 Å². The number of rotatable bonds is 6. The van der Waals surface area contributed by atoms with Crippen LogP contribution < -0.4 is 16.1 Å². The molecule has 0 saturated heterocycles. The lowest BCUT2D eigenvalue weighted by molar-refractivity contribution is -0.141. The van der Waals surface area contributed by atoms with E-state index in [1.807, 2.05) is 12.1 Å². The highest BCUT2D eigenvalue weighted by molar-refractivity contribution is 5.77. The fourth-order valence-electron chi connectivity index (χ4n) is 2.74. The first-order valence-electron chi connectivity index (χ1n) is 7.93. The number of aromatic nitrogens is 3. The van der Waals surface area contributed by atoms with Gasteiger partial charge in [0.05, 0.1) is 13.7 Å². The Bertz CT molecular complexity index is 1060. The summed E-state index contributed by atoms with van der Waals surface area (Å²) in [5, 5.41) is 13.6. The zero-order valence-corrected chi connectivity index (χ0v) is 14.2. The van der Waals surface area contributed by atoms with E-state index < -0.39 is 23.4 Å². The van der Waals surface area contributed by atoms with Gasteiger partial charge in [-0.2, -0.15) is 5.10 Å². The molecule has 1 atom stereocenters. The van der Waals surface area contributed by atoms with Gasteiger partial charge in [-0.25, -0.2) is 19.0 Å². The van der Waals surface area contributed by atoms with E-state index in [-0.39, 0.29) is 17.5 Å². The number of carbonyl (C=O) groups is 1. The molecule has 0 bridgehead atoms. The second kappa shape index (κ2) is 6.87. The van der Waals surface area contributed by atoms with Gasteiger partial charge in [-0.1, -0.05) is 19.1 Å². The Labute approximate surface area is 147 Å². The van der Waals surface area contributed by atoms with Crippen LogP contribution in [-0.2, 0) is 11.3 Å². The number of aliphatic carboxylic acids is 1. The molecule has 0 saturated carbocycles. The van der Waals surface area contributed by atoms with Crippen molar-refractivity contribution in [1.29, 1.82) is 0 Å². The molecule has 1 unspecified atom stereocenters. The highest BCUT2D eigenvalue weighted by atomic mass is 16.5. The maximum atomic E-state index is 12.1. The fraction of sp³-hybridized carbons (Fsp3) is 0.294. The number of methoxy groups -OCH3 is 1. The van der Waals surface area contributed by atoms with Gasteiger partial charge < -0.3 is 14.3 Å². The molecule has 0 spiro atoms. The quantitative estimate of drug-likeness (QED) is 0.704. The van der Waals surface area contributed by atoms with Crippen molar-refractivity contribution in [1.82, 2.24) is 14.3 Å². The number of ether oxygens (including phenoxy) is 1. The molecule has 0 aliphatic rings. The summed E-state index contributed by atoms with van der Waals surface area (Å²) >= 11 is 0. The van der Waals surface area contributed by atoms with E-state index in [4.69, 9.17) is 4.74 Å². The summed E-state index contributed by atoms with van der Waals surface area (Å²) in [4.78, 5) is 35.5. The molecule has 0 aliphatic carbocycles. The molecule has 1 N–H and O–H groups in total. The Morgan fingerprint density at radius 2 is 2.00 bits per heavy atom. The Morgan fingerprint density at radius 1 is 1.31 bits per heavy atom. The van der Waals surface area contributed by atoms with Crippen LogP contribution in [0.1, 0.15) is 24.9 Å².